The average Bonchev–Trinajstić information content (AvgIpc) is 3.21. The number of pyridine rings is 1. The molecule has 35 heavy (non-hydrogen) atoms. The van der Waals surface area contributed by atoms with Gasteiger partial charge in [-0.25, -0.2) is 19.3 Å². The molecule has 1 spiro atoms. The Hall–Kier alpha value is -3.28. The topological polar surface area (TPSA) is 89.3 Å². The summed E-state index contributed by atoms with van der Waals surface area (Å²) in [6.45, 7) is 8.69. The lowest BCUT2D eigenvalue weighted by atomic mass is 9.66. The van der Waals surface area contributed by atoms with E-state index in [-0.39, 0.29) is 23.4 Å². The highest BCUT2D eigenvalue weighted by molar-refractivity contribution is 5.83. The molecular formula is C26H32FN7O. The number of alkyl halides is 1. The number of amides is 1. The second-order valence-corrected chi connectivity index (χ2v) is 11.0. The quantitative estimate of drug-likeness (QED) is 0.663. The van der Waals surface area contributed by atoms with E-state index in [9.17, 15) is 14.4 Å². The molecule has 0 bridgehead atoms. The second kappa shape index (κ2) is 8.43. The van der Waals surface area contributed by atoms with E-state index in [1.807, 2.05) is 17.9 Å². The van der Waals surface area contributed by atoms with E-state index in [4.69, 9.17) is 9.97 Å². The first-order valence-corrected chi connectivity index (χ1v) is 12.3. The van der Waals surface area contributed by atoms with Gasteiger partial charge in [0.05, 0.1) is 17.0 Å². The van der Waals surface area contributed by atoms with Gasteiger partial charge in [0.2, 0.25) is 5.91 Å². The molecule has 184 valence electrons. The van der Waals surface area contributed by atoms with Crippen molar-refractivity contribution in [3.63, 3.8) is 0 Å². The first kappa shape index (κ1) is 23.5. The third-order valence-corrected chi connectivity index (χ3v) is 7.95. The number of carbonyl (C=O) groups excluding carboxylic acids is 1. The van der Waals surface area contributed by atoms with Crippen molar-refractivity contribution < 1.29 is 9.18 Å². The maximum atomic E-state index is 13.5. The number of hydrogen-bond acceptors (Lipinski definition) is 7. The van der Waals surface area contributed by atoms with Crippen LogP contribution in [0.4, 0.5) is 21.8 Å². The Morgan fingerprint density at radius 1 is 1.20 bits per heavy atom. The number of piperazine rings is 1. The summed E-state index contributed by atoms with van der Waals surface area (Å²) in [4.78, 5) is 33.3. The normalized spacial score (nSPS) is 23.1. The molecule has 1 aliphatic carbocycles. The predicted molar refractivity (Wildman–Crippen MR) is 131 cm³/mol. The number of aromatic nitrogens is 3. The van der Waals surface area contributed by atoms with Crippen molar-refractivity contribution in [3.05, 3.63) is 35.8 Å². The molecule has 2 aliphatic heterocycles. The average molecular weight is 478 g/mol. The van der Waals surface area contributed by atoms with Crippen molar-refractivity contribution in [2.75, 3.05) is 36.1 Å². The van der Waals surface area contributed by atoms with Crippen molar-refractivity contribution in [2.24, 2.45) is 5.41 Å². The van der Waals surface area contributed by atoms with Crippen LogP contribution in [0.15, 0.2) is 24.7 Å². The number of carbonyl (C=O) groups is 1. The molecule has 3 aliphatic rings. The highest BCUT2D eigenvalue weighted by Gasteiger charge is 2.52. The van der Waals surface area contributed by atoms with Crippen LogP contribution in [0.1, 0.15) is 58.1 Å². The van der Waals surface area contributed by atoms with Gasteiger partial charge in [-0.2, -0.15) is 5.26 Å². The molecule has 0 radical (unpaired) electrons. The monoisotopic (exact) mass is 477 g/mol. The standard InChI is InChI=1S/C26H32FN7O/c1-17-13-33(24(35)25(3,4)14-27)18(2)12-32(17)22-21-23(31-16-30-22)34(15-26(21)7-5-8-26)20-10-19(11-28)6-9-29-20/h6,9-10,16-18H,5,7-8,12-15H2,1-4H3/t17?,18-/m0/s1. The Bertz CT molecular complexity index is 1190. The molecule has 1 saturated carbocycles. The SMILES string of the molecule is CC1CN(C(=O)C(C)(C)CF)[C@@H](C)CN1c1ncnc2c1C1(CCC1)CN2c1cc(C#N)ccn1. The van der Waals surface area contributed by atoms with Gasteiger partial charge in [0.25, 0.3) is 0 Å². The Labute approximate surface area is 205 Å². The molecule has 4 heterocycles. The van der Waals surface area contributed by atoms with Crippen molar-refractivity contribution in [1.82, 2.24) is 19.9 Å². The highest BCUT2D eigenvalue weighted by Crippen LogP contribution is 2.56. The van der Waals surface area contributed by atoms with E-state index in [1.54, 1.807) is 32.4 Å². The van der Waals surface area contributed by atoms with Gasteiger partial charge in [-0.05, 0) is 52.7 Å². The van der Waals surface area contributed by atoms with Crippen LogP contribution in [0.3, 0.4) is 0 Å². The summed E-state index contributed by atoms with van der Waals surface area (Å²) in [6, 6.07) is 5.67. The largest absolute Gasteiger partial charge is 0.350 e. The van der Waals surface area contributed by atoms with Gasteiger partial charge in [0.1, 0.15) is 30.5 Å². The lowest BCUT2D eigenvalue weighted by Crippen LogP contribution is -2.61. The van der Waals surface area contributed by atoms with E-state index in [0.29, 0.717) is 18.7 Å². The van der Waals surface area contributed by atoms with Gasteiger partial charge < -0.3 is 14.7 Å². The highest BCUT2D eigenvalue weighted by atomic mass is 19.1. The number of anilines is 3. The summed E-state index contributed by atoms with van der Waals surface area (Å²) in [5.41, 5.74) is 0.661. The molecule has 2 fully saturated rings. The lowest BCUT2D eigenvalue weighted by Gasteiger charge is -2.48. The van der Waals surface area contributed by atoms with Crippen LogP contribution in [0, 0.1) is 16.7 Å². The van der Waals surface area contributed by atoms with E-state index < -0.39 is 12.1 Å². The Balaban J connectivity index is 1.51. The van der Waals surface area contributed by atoms with Crippen LogP contribution < -0.4 is 9.80 Å². The number of halogens is 1. The molecular weight excluding hydrogens is 445 g/mol. The van der Waals surface area contributed by atoms with E-state index in [1.165, 1.54) is 0 Å². The van der Waals surface area contributed by atoms with E-state index in [2.05, 4.69) is 27.8 Å². The summed E-state index contributed by atoms with van der Waals surface area (Å²) in [7, 11) is 0. The van der Waals surface area contributed by atoms with Gasteiger partial charge >= 0.3 is 0 Å². The van der Waals surface area contributed by atoms with Gasteiger partial charge in [0.15, 0.2) is 0 Å². The van der Waals surface area contributed by atoms with Crippen LogP contribution in [-0.4, -0.2) is 64.2 Å². The summed E-state index contributed by atoms with van der Waals surface area (Å²) < 4.78 is 13.5. The van der Waals surface area contributed by atoms with Crippen molar-refractivity contribution in [3.8, 4) is 6.07 Å². The van der Waals surface area contributed by atoms with Crippen LogP contribution in [0.25, 0.3) is 0 Å². The molecule has 1 unspecified atom stereocenters. The molecule has 1 saturated heterocycles. The molecule has 0 aromatic carbocycles. The fraction of sp³-hybridized carbons (Fsp3) is 0.577. The minimum atomic E-state index is -1.02. The molecule has 1 amide bonds. The zero-order chi connectivity index (χ0) is 25.0. The Morgan fingerprint density at radius 2 is 1.94 bits per heavy atom. The van der Waals surface area contributed by atoms with Gasteiger partial charge in [-0.15, -0.1) is 0 Å². The first-order valence-electron chi connectivity index (χ1n) is 12.3. The summed E-state index contributed by atoms with van der Waals surface area (Å²) >= 11 is 0. The van der Waals surface area contributed by atoms with Crippen molar-refractivity contribution in [2.45, 2.75) is 64.5 Å². The third kappa shape index (κ3) is 3.70. The third-order valence-electron chi connectivity index (χ3n) is 7.95. The van der Waals surface area contributed by atoms with Gasteiger partial charge in [-0.3, -0.25) is 4.79 Å². The fourth-order valence-electron chi connectivity index (χ4n) is 5.71. The number of fused-ring (bicyclic) bond motifs is 2. The smallest absolute Gasteiger partial charge is 0.231 e. The molecule has 2 aromatic heterocycles. The zero-order valence-corrected chi connectivity index (χ0v) is 20.8. The predicted octanol–water partition coefficient (Wildman–Crippen LogP) is 3.74. The van der Waals surface area contributed by atoms with Gasteiger partial charge in [0, 0.05) is 48.9 Å². The van der Waals surface area contributed by atoms with Crippen LogP contribution in [-0.2, 0) is 10.2 Å². The summed E-state index contributed by atoms with van der Waals surface area (Å²) in [5, 5.41) is 9.38. The van der Waals surface area contributed by atoms with Crippen LogP contribution >= 0.6 is 0 Å². The minimum absolute atomic E-state index is 0.0239. The molecule has 2 aromatic rings. The Morgan fingerprint density at radius 3 is 2.60 bits per heavy atom. The summed E-state index contributed by atoms with van der Waals surface area (Å²) in [6.07, 6.45) is 6.54. The minimum Gasteiger partial charge on any atom is -0.350 e. The Kier molecular flexibility index (Phi) is 5.65. The maximum Gasteiger partial charge on any atom is 0.231 e. The zero-order valence-electron chi connectivity index (χ0n) is 20.8. The van der Waals surface area contributed by atoms with E-state index in [0.717, 1.165) is 48.8 Å². The van der Waals surface area contributed by atoms with Gasteiger partial charge in [-0.1, -0.05) is 6.42 Å². The molecule has 5 rings (SSSR count). The van der Waals surface area contributed by atoms with Crippen molar-refractivity contribution in [1.29, 1.82) is 5.26 Å². The molecule has 8 nitrogen and oxygen atoms in total. The van der Waals surface area contributed by atoms with Crippen molar-refractivity contribution >= 4 is 23.4 Å². The fourth-order valence-corrected chi connectivity index (χ4v) is 5.71. The number of nitrogens with zero attached hydrogens (tertiary/aromatic N) is 7. The number of nitriles is 1. The van der Waals surface area contributed by atoms with Crippen LogP contribution in [0.5, 0.6) is 0 Å². The van der Waals surface area contributed by atoms with Crippen LogP contribution in [0.2, 0.25) is 0 Å². The van der Waals surface area contributed by atoms with E-state index >= 15 is 0 Å². The maximum absolute atomic E-state index is 13.5. The molecule has 2 atom stereocenters. The molecule has 0 N–H and O–H groups in total. The first-order chi connectivity index (χ1) is 16.7. The molecule has 9 heteroatoms. The second-order valence-electron chi connectivity index (χ2n) is 11.0. The number of rotatable bonds is 4. The lowest BCUT2D eigenvalue weighted by molar-refractivity contribution is -0.144. The number of hydrogen-bond donors (Lipinski definition) is 0. The summed E-state index contributed by atoms with van der Waals surface area (Å²) in [5.74, 6) is 2.36.